The van der Waals surface area contributed by atoms with Gasteiger partial charge in [-0.3, -0.25) is 9.59 Å². The average molecular weight is 399 g/mol. The first-order valence-electron chi connectivity index (χ1n) is 9.24. The van der Waals surface area contributed by atoms with Crippen molar-refractivity contribution in [1.82, 2.24) is 4.90 Å². The lowest BCUT2D eigenvalue weighted by molar-refractivity contribution is -0.186. The molecule has 0 bridgehead atoms. The van der Waals surface area contributed by atoms with E-state index >= 15 is 0 Å². The number of nitrogens with one attached hydrogen (secondary N) is 1. The van der Waals surface area contributed by atoms with Crippen LogP contribution in [0.5, 0.6) is 0 Å². The largest absolute Gasteiger partial charge is 0.471 e. The number of alkyl halides is 3. The number of carbonyl (C=O) groups excluding carboxylic acids is 2. The van der Waals surface area contributed by atoms with Crippen molar-refractivity contribution >= 4 is 23.2 Å². The van der Waals surface area contributed by atoms with E-state index in [2.05, 4.69) is 24.1 Å². The van der Waals surface area contributed by atoms with Gasteiger partial charge in [0, 0.05) is 24.5 Å². The van der Waals surface area contributed by atoms with Gasteiger partial charge >= 0.3 is 12.1 Å². The lowest BCUT2D eigenvalue weighted by Crippen LogP contribution is -2.53. The highest BCUT2D eigenvalue weighted by Gasteiger charge is 2.47. The lowest BCUT2D eigenvalue weighted by Gasteiger charge is -2.43. The van der Waals surface area contributed by atoms with Gasteiger partial charge in [0.2, 0.25) is 5.91 Å². The van der Waals surface area contributed by atoms with Crippen molar-refractivity contribution in [3.63, 3.8) is 0 Å². The number of halogens is 3. The molecule has 2 saturated heterocycles. The Kier molecular flexibility index (Phi) is 5.56. The number of rotatable bonds is 3. The topological polar surface area (TPSA) is 61.9 Å². The number of morpholine rings is 1. The van der Waals surface area contributed by atoms with Gasteiger partial charge in [-0.15, -0.1) is 0 Å². The molecule has 2 heterocycles. The number of amides is 2. The fourth-order valence-electron chi connectivity index (χ4n) is 3.73. The molecule has 2 aliphatic rings. The van der Waals surface area contributed by atoms with E-state index < -0.39 is 24.0 Å². The molecule has 0 aromatic heterocycles. The molecule has 0 saturated carbocycles. The highest BCUT2D eigenvalue weighted by molar-refractivity contribution is 5.98. The van der Waals surface area contributed by atoms with E-state index in [4.69, 9.17) is 4.74 Å². The number of nitrogens with zero attached hydrogens (tertiary/aromatic N) is 2. The number of likely N-dealkylation sites (tertiary alicyclic amines) is 1. The van der Waals surface area contributed by atoms with Gasteiger partial charge in [-0.1, -0.05) is 0 Å². The molecule has 0 aliphatic carbocycles. The van der Waals surface area contributed by atoms with E-state index in [-0.39, 0.29) is 18.5 Å². The van der Waals surface area contributed by atoms with Crippen LogP contribution in [0.3, 0.4) is 0 Å². The zero-order chi connectivity index (χ0) is 20.5. The Balaban J connectivity index is 1.67. The fourth-order valence-corrected chi connectivity index (χ4v) is 3.73. The zero-order valence-electron chi connectivity index (χ0n) is 15.9. The molecular formula is C19H24F3N3O3. The molecule has 9 heteroatoms. The summed E-state index contributed by atoms with van der Waals surface area (Å²) in [6.07, 6.45) is -4.39. The quantitative estimate of drug-likeness (QED) is 0.849. The van der Waals surface area contributed by atoms with Crippen LogP contribution < -0.4 is 10.2 Å². The molecule has 0 radical (unpaired) electrons. The molecule has 2 fully saturated rings. The van der Waals surface area contributed by atoms with Crippen LogP contribution in [0.2, 0.25) is 0 Å². The van der Waals surface area contributed by atoms with Gasteiger partial charge in [-0.25, -0.2) is 0 Å². The highest BCUT2D eigenvalue weighted by Crippen LogP contribution is 2.29. The van der Waals surface area contributed by atoms with Crippen LogP contribution in [0.4, 0.5) is 24.5 Å². The summed E-state index contributed by atoms with van der Waals surface area (Å²) >= 11 is 0. The summed E-state index contributed by atoms with van der Waals surface area (Å²) in [6, 6.07) is 6.03. The summed E-state index contributed by atoms with van der Waals surface area (Å²) in [4.78, 5) is 26.8. The van der Waals surface area contributed by atoms with Crippen molar-refractivity contribution in [2.45, 2.75) is 44.4 Å². The molecule has 154 valence electrons. The van der Waals surface area contributed by atoms with Crippen molar-refractivity contribution < 1.29 is 27.5 Å². The molecular weight excluding hydrogens is 375 g/mol. The Labute approximate surface area is 161 Å². The van der Waals surface area contributed by atoms with Crippen LogP contribution in [0.25, 0.3) is 0 Å². The van der Waals surface area contributed by atoms with E-state index in [1.165, 1.54) is 0 Å². The van der Waals surface area contributed by atoms with Gasteiger partial charge in [0.15, 0.2) is 0 Å². The number of ether oxygens (including phenoxy) is 1. The molecule has 1 N–H and O–H groups in total. The van der Waals surface area contributed by atoms with Crippen molar-refractivity contribution in [2.24, 2.45) is 0 Å². The summed E-state index contributed by atoms with van der Waals surface area (Å²) in [5.41, 5.74) is 1.29. The number of benzene rings is 1. The second-order valence-electron chi connectivity index (χ2n) is 7.71. The summed E-state index contributed by atoms with van der Waals surface area (Å²) < 4.78 is 43.6. The standard InChI is InChI=1S/C19H24F3N3O3/c1-18(2)12-28-11-10-25(18)14-7-5-13(6-8-14)23-16(26)15-4-3-9-24(15)17(27)19(20,21)22/h5-8,15H,3-4,9-12H2,1-2H3,(H,23,26). The summed E-state index contributed by atoms with van der Waals surface area (Å²) in [5, 5.41) is 2.63. The second-order valence-corrected chi connectivity index (χ2v) is 7.71. The van der Waals surface area contributed by atoms with Crippen LogP contribution in [0.15, 0.2) is 24.3 Å². The first-order valence-corrected chi connectivity index (χ1v) is 9.24. The number of hydrogen-bond acceptors (Lipinski definition) is 4. The van der Waals surface area contributed by atoms with Gasteiger partial charge in [0.25, 0.3) is 0 Å². The molecule has 28 heavy (non-hydrogen) atoms. The van der Waals surface area contributed by atoms with E-state index in [1.54, 1.807) is 12.1 Å². The van der Waals surface area contributed by atoms with Crippen LogP contribution >= 0.6 is 0 Å². The first-order chi connectivity index (χ1) is 13.1. The average Bonchev–Trinajstić information content (AvgIpc) is 3.10. The Morgan fingerprint density at radius 3 is 2.46 bits per heavy atom. The second kappa shape index (κ2) is 7.62. The molecule has 1 unspecified atom stereocenters. The third kappa shape index (κ3) is 4.24. The Bertz CT molecular complexity index is 734. The summed E-state index contributed by atoms with van der Waals surface area (Å²) in [5.74, 6) is -2.57. The van der Waals surface area contributed by atoms with Gasteiger partial charge < -0.3 is 19.9 Å². The van der Waals surface area contributed by atoms with E-state index in [9.17, 15) is 22.8 Å². The minimum absolute atomic E-state index is 0.0680. The Hall–Kier alpha value is -2.29. The van der Waals surface area contributed by atoms with Crippen LogP contribution in [-0.4, -0.2) is 60.8 Å². The van der Waals surface area contributed by atoms with Crippen molar-refractivity contribution in [1.29, 1.82) is 0 Å². The molecule has 0 spiro atoms. The number of carbonyl (C=O) groups is 2. The predicted octanol–water partition coefficient (Wildman–Crippen LogP) is 2.79. The molecule has 3 rings (SSSR count). The molecule has 6 nitrogen and oxygen atoms in total. The zero-order valence-corrected chi connectivity index (χ0v) is 15.9. The molecule has 2 aliphatic heterocycles. The predicted molar refractivity (Wildman–Crippen MR) is 98.1 cm³/mol. The fraction of sp³-hybridized carbons (Fsp3) is 0.579. The smallest absolute Gasteiger partial charge is 0.377 e. The SMILES string of the molecule is CC1(C)COCCN1c1ccc(NC(=O)C2CCCN2C(=O)C(F)(F)F)cc1. The summed E-state index contributed by atoms with van der Waals surface area (Å²) in [6.45, 7) is 6.07. The van der Waals surface area contributed by atoms with Crippen molar-refractivity contribution in [3.8, 4) is 0 Å². The maximum Gasteiger partial charge on any atom is 0.471 e. The number of anilines is 2. The monoisotopic (exact) mass is 399 g/mol. The van der Waals surface area contributed by atoms with Crippen LogP contribution in [0, 0.1) is 0 Å². The van der Waals surface area contributed by atoms with Gasteiger partial charge in [0.05, 0.1) is 18.8 Å². The third-order valence-corrected chi connectivity index (χ3v) is 5.15. The van der Waals surface area contributed by atoms with Gasteiger partial charge in [-0.05, 0) is 51.0 Å². The van der Waals surface area contributed by atoms with Crippen LogP contribution in [-0.2, 0) is 14.3 Å². The highest BCUT2D eigenvalue weighted by atomic mass is 19.4. The maximum atomic E-state index is 12.7. The minimum Gasteiger partial charge on any atom is -0.377 e. The van der Waals surface area contributed by atoms with E-state index in [0.29, 0.717) is 30.2 Å². The maximum absolute atomic E-state index is 12.7. The Morgan fingerprint density at radius 2 is 1.86 bits per heavy atom. The normalized spacial score (nSPS) is 22.2. The van der Waals surface area contributed by atoms with Crippen molar-refractivity contribution in [3.05, 3.63) is 24.3 Å². The lowest BCUT2D eigenvalue weighted by atomic mass is 10.0. The van der Waals surface area contributed by atoms with Gasteiger partial charge in [0.1, 0.15) is 6.04 Å². The van der Waals surface area contributed by atoms with Crippen molar-refractivity contribution in [2.75, 3.05) is 36.5 Å². The third-order valence-electron chi connectivity index (χ3n) is 5.15. The first kappa shape index (κ1) is 20.4. The van der Waals surface area contributed by atoms with Crippen LogP contribution in [0.1, 0.15) is 26.7 Å². The van der Waals surface area contributed by atoms with E-state index in [0.717, 1.165) is 12.2 Å². The van der Waals surface area contributed by atoms with Gasteiger partial charge in [-0.2, -0.15) is 13.2 Å². The summed E-state index contributed by atoms with van der Waals surface area (Å²) in [7, 11) is 0. The molecule has 1 atom stereocenters. The molecule has 1 aromatic rings. The molecule has 1 aromatic carbocycles. The van der Waals surface area contributed by atoms with E-state index in [1.807, 2.05) is 12.1 Å². The number of hydrogen-bond donors (Lipinski definition) is 1. The minimum atomic E-state index is -4.98. The molecule has 2 amide bonds. The Morgan fingerprint density at radius 1 is 1.18 bits per heavy atom.